The molecule has 3 aromatic rings. The summed E-state index contributed by atoms with van der Waals surface area (Å²) in [7, 11) is 1.64. The fourth-order valence-electron chi connectivity index (χ4n) is 3.62. The van der Waals surface area contributed by atoms with E-state index in [1.165, 1.54) is 5.69 Å². The number of hydrogen-bond acceptors (Lipinski definition) is 4. The van der Waals surface area contributed by atoms with Gasteiger partial charge in [-0.05, 0) is 36.6 Å². The molecule has 6 nitrogen and oxygen atoms in total. The van der Waals surface area contributed by atoms with Crippen molar-refractivity contribution in [2.45, 2.75) is 25.2 Å². The van der Waals surface area contributed by atoms with E-state index in [9.17, 15) is 4.79 Å². The van der Waals surface area contributed by atoms with Gasteiger partial charge < -0.3 is 9.64 Å². The molecule has 0 radical (unpaired) electrons. The number of benzene rings is 1. The van der Waals surface area contributed by atoms with Crippen LogP contribution >= 0.6 is 0 Å². The Labute approximate surface area is 152 Å². The number of likely N-dealkylation sites (tertiary alicyclic amines) is 1. The Balaban J connectivity index is 1.38. The maximum Gasteiger partial charge on any atom is 0.226 e. The fourth-order valence-corrected chi connectivity index (χ4v) is 3.62. The van der Waals surface area contributed by atoms with E-state index in [-0.39, 0.29) is 5.91 Å². The minimum Gasteiger partial charge on any atom is -0.497 e. The molecule has 1 amide bonds. The van der Waals surface area contributed by atoms with Crippen molar-refractivity contribution in [1.82, 2.24) is 19.5 Å². The Morgan fingerprint density at radius 1 is 1.12 bits per heavy atom. The summed E-state index contributed by atoms with van der Waals surface area (Å²) in [4.78, 5) is 18.9. The van der Waals surface area contributed by atoms with Gasteiger partial charge in [-0.1, -0.05) is 12.1 Å². The molecule has 1 aliphatic rings. The van der Waals surface area contributed by atoms with Gasteiger partial charge in [0, 0.05) is 37.0 Å². The molecule has 6 heteroatoms. The van der Waals surface area contributed by atoms with Crippen LogP contribution in [0, 0.1) is 0 Å². The van der Waals surface area contributed by atoms with E-state index in [1.54, 1.807) is 13.3 Å². The lowest BCUT2D eigenvalue weighted by atomic mass is 9.93. The summed E-state index contributed by atoms with van der Waals surface area (Å²) in [6.45, 7) is 1.56. The van der Waals surface area contributed by atoms with Gasteiger partial charge in [0.05, 0.1) is 19.7 Å². The highest BCUT2D eigenvalue weighted by molar-refractivity contribution is 5.79. The lowest BCUT2D eigenvalue weighted by molar-refractivity contribution is -0.131. The number of methoxy groups -OCH3 is 1. The molecule has 1 fully saturated rings. The Kier molecular flexibility index (Phi) is 4.56. The van der Waals surface area contributed by atoms with Gasteiger partial charge >= 0.3 is 0 Å². The zero-order valence-electron chi connectivity index (χ0n) is 14.8. The van der Waals surface area contributed by atoms with Crippen LogP contribution in [0.3, 0.4) is 0 Å². The molecule has 26 heavy (non-hydrogen) atoms. The minimum absolute atomic E-state index is 0.188. The minimum atomic E-state index is 0.188. The van der Waals surface area contributed by atoms with E-state index < -0.39 is 0 Å². The van der Waals surface area contributed by atoms with Crippen molar-refractivity contribution in [3.63, 3.8) is 0 Å². The SMILES string of the molecule is COc1ccc(CC(=O)N2CCC(c3ccnc4ccnn34)CC2)cc1. The highest BCUT2D eigenvalue weighted by Crippen LogP contribution is 2.28. The molecule has 0 N–H and O–H groups in total. The molecule has 0 unspecified atom stereocenters. The summed E-state index contributed by atoms with van der Waals surface area (Å²) >= 11 is 0. The Hall–Kier alpha value is -2.89. The number of fused-ring (bicyclic) bond motifs is 1. The molecule has 1 aromatic carbocycles. The number of piperidine rings is 1. The van der Waals surface area contributed by atoms with Crippen LogP contribution in [0.2, 0.25) is 0 Å². The van der Waals surface area contributed by atoms with Crippen LogP contribution in [0.15, 0.2) is 48.8 Å². The lowest BCUT2D eigenvalue weighted by Crippen LogP contribution is -2.39. The van der Waals surface area contributed by atoms with E-state index in [4.69, 9.17) is 4.74 Å². The van der Waals surface area contributed by atoms with Crippen LogP contribution in [0.25, 0.3) is 5.65 Å². The first kappa shape index (κ1) is 16.6. The zero-order valence-corrected chi connectivity index (χ0v) is 14.8. The summed E-state index contributed by atoms with van der Waals surface area (Å²) < 4.78 is 7.08. The highest BCUT2D eigenvalue weighted by atomic mass is 16.5. The average Bonchev–Trinajstić information content (AvgIpc) is 3.17. The molecule has 0 bridgehead atoms. The van der Waals surface area contributed by atoms with Crippen molar-refractivity contribution >= 4 is 11.6 Å². The first-order chi connectivity index (χ1) is 12.7. The van der Waals surface area contributed by atoms with Crippen molar-refractivity contribution in [3.8, 4) is 5.75 Å². The predicted octanol–water partition coefficient (Wildman–Crippen LogP) is 2.69. The zero-order chi connectivity index (χ0) is 17.9. The van der Waals surface area contributed by atoms with Crippen molar-refractivity contribution in [3.05, 3.63) is 60.0 Å². The van der Waals surface area contributed by atoms with Crippen LogP contribution in [0.1, 0.15) is 30.0 Å². The molecule has 4 rings (SSSR count). The first-order valence-electron chi connectivity index (χ1n) is 8.94. The number of ether oxygens (including phenoxy) is 1. The van der Waals surface area contributed by atoms with Crippen LogP contribution in [-0.4, -0.2) is 45.6 Å². The second-order valence-electron chi connectivity index (χ2n) is 6.65. The van der Waals surface area contributed by atoms with Crippen LogP contribution < -0.4 is 4.74 Å². The Morgan fingerprint density at radius 3 is 2.62 bits per heavy atom. The van der Waals surface area contributed by atoms with Gasteiger partial charge in [0.1, 0.15) is 5.75 Å². The van der Waals surface area contributed by atoms with Crippen molar-refractivity contribution in [2.75, 3.05) is 20.2 Å². The van der Waals surface area contributed by atoms with Gasteiger partial charge in [-0.25, -0.2) is 9.50 Å². The van der Waals surface area contributed by atoms with E-state index in [0.29, 0.717) is 12.3 Å². The molecule has 134 valence electrons. The average molecular weight is 350 g/mol. The number of nitrogens with zero attached hydrogens (tertiary/aromatic N) is 4. The van der Waals surface area contributed by atoms with E-state index in [1.807, 2.05) is 52.0 Å². The van der Waals surface area contributed by atoms with E-state index in [2.05, 4.69) is 10.1 Å². The molecular weight excluding hydrogens is 328 g/mol. The standard InChI is InChI=1S/C20H22N4O2/c1-26-17-4-2-15(3-5-17)14-20(25)23-12-8-16(9-13-23)18-6-10-21-19-7-11-22-24(18)19/h2-7,10-11,16H,8-9,12-14H2,1H3. The third kappa shape index (κ3) is 3.27. The summed E-state index contributed by atoms with van der Waals surface area (Å²) in [5.74, 6) is 1.40. The van der Waals surface area contributed by atoms with Gasteiger partial charge in [0.25, 0.3) is 0 Å². The summed E-state index contributed by atoms with van der Waals surface area (Å²) in [6, 6.07) is 11.7. The molecule has 0 aliphatic carbocycles. The largest absolute Gasteiger partial charge is 0.497 e. The number of aromatic nitrogens is 3. The molecule has 0 saturated carbocycles. The highest BCUT2D eigenvalue weighted by Gasteiger charge is 2.25. The molecule has 2 aromatic heterocycles. The summed E-state index contributed by atoms with van der Waals surface area (Å²) in [6.07, 6.45) is 5.96. The number of amides is 1. The molecule has 0 atom stereocenters. The second-order valence-corrected chi connectivity index (χ2v) is 6.65. The smallest absolute Gasteiger partial charge is 0.226 e. The van der Waals surface area contributed by atoms with E-state index in [0.717, 1.165) is 42.9 Å². The summed E-state index contributed by atoms with van der Waals surface area (Å²) in [5, 5.41) is 4.38. The molecule has 1 saturated heterocycles. The summed E-state index contributed by atoms with van der Waals surface area (Å²) in [5.41, 5.74) is 3.08. The van der Waals surface area contributed by atoms with Crippen LogP contribution in [-0.2, 0) is 11.2 Å². The third-order valence-corrected chi connectivity index (χ3v) is 5.10. The lowest BCUT2D eigenvalue weighted by Gasteiger charge is -2.32. The van der Waals surface area contributed by atoms with Gasteiger partial charge in [-0.2, -0.15) is 5.10 Å². The number of hydrogen-bond donors (Lipinski definition) is 0. The second kappa shape index (κ2) is 7.15. The molecular formula is C20H22N4O2. The van der Waals surface area contributed by atoms with Crippen molar-refractivity contribution in [1.29, 1.82) is 0 Å². The van der Waals surface area contributed by atoms with E-state index >= 15 is 0 Å². The fraction of sp³-hybridized carbons (Fsp3) is 0.350. The van der Waals surface area contributed by atoms with Gasteiger partial charge in [-0.15, -0.1) is 0 Å². The topological polar surface area (TPSA) is 59.7 Å². The maximum atomic E-state index is 12.6. The van der Waals surface area contributed by atoms with Crippen molar-refractivity contribution < 1.29 is 9.53 Å². The van der Waals surface area contributed by atoms with Crippen LogP contribution in [0.4, 0.5) is 0 Å². The first-order valence-corrected chi connectivity index (χ1v) is 8.94. The Morgan fingerprint density at radius 2 is 1.88 bits per heavy atom. The predicted molar refractivity (Wildman–Crippen MR) is 98.2 cm³/mol. The quantitative estimate of drug-likeness (QED) is 0.726. The normalized spacial score (nSPS) is 15.3. The van der Waals surface area contributed by atoms with Gasteiger partial charge in [0.15, 0.2) is 5.65 Å². The number of carbonyl (C=O) groups excluding carboxylic acids is 1. The monoisotopic (exact) mass is 350 g/mol. The van der Waals surface area contributed by atoms with Crippen LogP contribution in [0.5, 0.6) is 5.75 Å². The number of carbonyl (C=O) groups is 1. The number of rotatable bonds is 4. The molecule has 1 aliphatic heterocycles. The Bertz CT molecular complexity index is 896. The molecule has 3 heterocycles. The van der Waals surface area contributed by atoms with Crippen molar-refractivity contribution in [2.24, 2.45) is 0 Å². The molecule has 0 spiro atoms. The third-order valence-electron chi connectivity index (χ3n) is 5.10. The van der Waals surface area contributed by atoms with Gasteiger partial charge in [0.2, 0.25) is 5.91 Å². The maximum absolute atomic E-state index is 12.6. The van der Waals surface area contributed by atoms with Gasteiger partial charge in [-0.3, -0.25) is 4.79 Å².